The first-order valence-electron chi connectivity index (χ1n) is 4.16. The number of aromatic nitrogens is 2. The highest BCUT2D eigenvalue weighted by molar-refractivity contribution is 8.01. The first kappa shape index (κ1) is 12.7. The number of hydrogen-bond acceptors (Lipinski definition) is 7. The predicted molar refractivity (Wildman–Crippen MR) is 62.5 cm³/mol. The van der Waals surface area contributed by atoms with Crippen LogP contribution in [-0.4, -0.2) is 37.2 Å². The van der Waals surface area contributed by atoms with Crippen LogP contribution < -0.4 is 10.5 Å². The van der Waals surface area contributed by atoms with Crippen LogP contribution in [-0.2, 0) is 10.0 Å². The zero-order chi connectivity index (χ0) is 11.3. The van der Waals surface area contributed by atoms with Crippen LogP contribution in [0.15, 0.2) is 4.34 Å². The molecule has 0 atom stereocenters. The maximum atomic E-state index is 11.0. The van der Waals surface area contributed by atoms with Crippen LogP contribution in [0.3, 0.4) is 0 Å². The number of nitrogens with two attached hydrogens (primary N) is 1. The molecular formula is C6H12N4O2S3. The van der Waals surface area contributed by atoms with Crippen LogP contribution in [0.5, 0.6) is 0 Å². The molecule has 3 N–H and O–H groups in total. The largest absolute Gasteiger partial charge is 0.374 e. The summed E-state index contributed by atoms with van der Waals surface area (Å²) in [5.74, 6) is 0.820. The molecule has 0 saturated carbocycles. The minimum absolute atomic E-state index is 0.130. The molecule has 0 saturated heterocycles. The molecule has 1 aromatic heterocycles. The third-order valence-electron chi connectivity index (χ3n) is 1.52. The molecule has 0 amide bonds. The van der Waals surface area contributed by atoms with E-state index in [-0.39, 0.29) is 5.75 Å². The van der Waals surface area contributed by atoms with Crippen LogP contribution in [0, 0.1) is 0 Å². The van der Waals surface area contributed by atoms with Gasteiger partial charge in [-0.2, -0.15) is 0 Å². The van der Waals surface area contributed by atoms with Gasteiger partial charge in [0.05, 0.1) is 5.75 Å². The standard InChI is InChI=1S/C6H12N4O2S3/c1-8-15(11,12)4-2-3-13-6-10-9-5(7)14-6/h8H,2-4H2,1H3,(H2,7,9). The Labute approximate surface area is 96.7 Å². The molecule has 0 aliphatic carbocycles. The van der Waals surface area contributed by atoms with Crippen molar-refractivity contribution in [1.29, 1.82) is 0 Å². The first-order chi connectivity index (χ1) is 7.03. The van der Waals surface area contributed by atoms with E-state index in [9.17, 15) is 8.42 Å². The van der Waals surface area contributed by atoms with Gasteiger partial charge in [-0.05, 0) is 13.5 Å². The molecule has 0 aromatic carbocycles. The van der Waals surface area contributed by atoms with Crippen molar-refractivity contribution in [2.24, 2.45) is 0 Å². The summed E-state index contributed by atoms with van der Waals surface area (Å²) >= 11 is 2.77. The zero-order valence-electron chi connectivity index (χ0n) is 8.13. The fourth-order valence-electron chi connectivity index (χ4n) is 0.789. The monoisotopic (exact) mass is 268 g/mol. The maximum Gasteiger partial charge on any atom is 0.211 e. The van der Waals surface area contributed by atoms with Gasteiger partial charge >= 0.3 is 0 Å². The Morgan fingerprint density at radius 2 is 2.27 bits per heavy atom. The topological polar surface area (TPSA) is 98.0 Å². The number of hydrogen-bond donors (Lipinski definition) is 2. The number of nitrogen functional groups attached to an aromatic ring is 1. The average molecular weight is 268 g/mol. The second kappa shape index (κ2) is 5.64. The summed E-state index contributed by atoms with van der Waals surface area (Å²) < 4.78 is 25.1. The Kier molecular flexibility index (Phi) is 4.77. The van der Waals surface area contributed by atoms with E-state index in [1.807, 2.05) is 0 Å². The molecule has 0 unspecified atom stereocenters. The average Bonchev–Trinajstić information content (AvgIpc) is 2.59. The molecule has 86 valence electrons. The van der Waals surface area contributed by atoms with Gasteiger partial charge in [-0.15, -0.1) is 10.2 Å². The quantitative estimate of drug-likeness (QED) is 0.563. The van der Waals surface area contributed by atoms with Crippen molar-refractivity contribution >= 4 is 38.3 Å². The van der Waals surface area contributed by atoms with Crippen molar-refractivity contribution in [3.63, 3.8) is 0 Å². The highest BCUT2D eigenvalue weighted by atomic mass is 32.2. The van der Waals surface area contributed by atoms with Gasteiger partial charge < -0.3 is 5.73 Å². The highest BCUT2D eigenvalue weighted by Gasteiger charge is 2.07. The number of nitrogens with one attached hydrogen (secondary N) is 1. The van der Waals surface area contributed by atoms with E-state index in [1.165, 1.54) is 30.1 Å². The minimum atomic E-state index is -3.09. The Bertz CT molecular complexity index is 402. The molecular weight excluding hydrogens is 256 g/mol. The van der Waals surface area contributed by atoms with E-state index < -0.39 is 10.0 Å². The lowest BCUT2D eigenvalue weighted by Crippen LogP contribution is -2.22. The third kappa shape index (κ3) is 4.78. The van der Waals surface area contributed by atoms with Crippen LogP contribution in [0.25, 0.3) is 0 Å². The fourth-order valence-corrected chi connectivity index (χ4v) is 3.35. The molecule has 0 spiro atoms. The van der Waals surface area contributed by atoms with E-state index in [4.69, 9.17) is 5.73 Å². The lowest BCUT2D eigenvalue weighted by atomic mass is 10.6. The number of thioether (sulfide) groups is 1. The maximum absolute atomic E-state index is 11.0. The van der Waals surface area contributed by atoms with E-state index in [0.717, 1.165) is 4.34 Å². The Morgan fingerprint density at radius 3 is 2.80 bits per heavy atom. The number of rotatable bonds is 6. The minimum Gasteiger partial charge on any atom is -0.374 e. The molecule has 0 aliphatic rings. The molecule has 1 aromatic rings. The number of anilines is 1. The van der Waals surface area contributed by atoms with E-state index in [1.54, 1.807) is 0 Å². The van der Waals surface area contributed by atoms with Gasteiger partial charge in [-0.3, -0.25) is 0 Å². The highest BCUT2D eigenvalue weighted by Crippen LogP contribution is 2.23. The van der Waals surface area contributed by atoms with Crippen molar-refractivity contribution < 1.29 is 8.42 Å². The molecule has 15 heavy (non-hydrogen) atoms. The van der Waals surface area contributed by atoms with Crippen LogP contribution >= 0.6 is 23.1 Å². The Morgan fingerprint density at radius 1 is 1.53 bits per heavy atom. The summed E-state index contributed by atoms with van der Waals surface area (Å²) in [4.78, 5) is 0. The molecule has 9 heteroatoms. The summed E-state index contributed by atoms with van der Waals surface area (Å²) in [6.45, 7) is 0. The van der Waals surface area contributed by atoms with E-state index in [2.05, 4.69) is 14.9 Å². The zero-order valence-corrected chi connectivity index (χ0v) is 10.6. The molecule has 0 fully saturated rings. The van der Waals surface area contributed by atoms with Gasteiger partial charge in [0, 0.05) is 5.75 Å². The molecule has 0 radical (unpaired) electrons. The van der Waals surface area contributed by atoms with Gasteiger partial charge in [0.1, 0.15) is 0 Å². The van der Waals surface area contributed by atoms with Crippen molar-refractivity contribution in [1.82, 2.24) is 14.9 Å². The Hall–Kier alpha value is -0.380. The van der Waals surface area contributed by atoms with E-state index >= 15 is 0 Å². The van der Waals surface area contributed by atoms with Crippen molar-refractivity contribution in [2.45, 2.75) is 10.8 Å². The van der Waals surface area contributed by atoms with Crippen molar-refractivity contribution in [2.75, 3.05) is 24.3 Å². The molecule has 1 rings (SSSR count). The van der Waals surface area contributed by atoms with Crippen LogP contribution in [0.4, 0.5) is 5.13 Å². The molecule has 1 heterocycles. The fraction of sp³-hybridized carbons (Fsp3) is 0.667. The summed E-state index contributed by atoms with van der Waals surface area (Å²) in [5.41, 5.74) is 5.40. The molecule has 6 nitrogen and oxygen atoms in total. The number of nitrogens with zero attached hydrogens (tertiary/aromatic N) is 2. The first-order valence-corrected chi connectivity index (χ1v) is 7.62. The smallest absolute Gasteiger partial charge is 0.211 e. The summed E-state index contributed by atoms with van der Waals surface area (Å²) in [5, 5.41) is 7.90. The predicted octanol–water partition coefficient (Wildman–Crippen LogP) is 0.152. The second-order valence-electron chi connectivity index (χ2n) is 2.63. The van der Waals surface area contributed by atoms with Crippen molar-refractivity contribution in [3.05, 3.63) is 0 Å². The van der Waals surface area contributed by atoms with Crippen molar-refractivity contribution in [3.8, 4) is 0 Å². The Balaban J connectivity index is 2.23. The van der Waals surface area contributed by atoms with Gasteiger partial charge in [-0.25, -0.2) is 13.1 Å². The SMILES string of the molecule is CNS(=O)(=O)CCCSc1nnc(N)s1. The lowest BCUT2D eigenvalue weighted by Gasteiger charge is -2.00. The van der Waals surface area contributed by atoms with Gasteiger partial charge in [0.2, 0.25) is 15.2 Å². The van der Waals surface area contributed by atoms with Crippen LogP contribution in [0.2, 0.25) is 0 Å². The molecule has 0 bridgehead atoms. The normalized spacial score (nSPS) is 11.8. The van der Waals surface area contributed by atoms with E-state index in [0.29, 0.717) is 17.3 Å². The lowest BCUT2D eigenvalue weighted by molar-refractivity contribution is 0.587. The second-order valence-corrected chi connectivity index (χ2v) is 7.03. The third-order valence-corrected chi connectivity index (χ3v) is 4.94. The summed E-state index contributed by atoms with van der Waals surface area (Å²) in [6, 6.07) is 0. The van der Waals surface area contributed by atoms with Gasteiger partial charge in [0.15, 0.2) is 4.34 Å². The van der Waals surface area contributed by atoms with Crippen LogP contribution in [0.1, 0.15) is 6.42 Å². The summed E-state index contributed by atoms with van der Waals surface area (Å²) in [6.07, 6.45) is 0.577. The molecule has 0 aliphatic heterocycles. The summed E-state index contributed by atoms with van der Waals surface area (Å²) in [7, 11) is -1.68. The van der Waals surface area contributed by atoms with Gasteiger partial charge in [0.25, 0.3) is 0 Å². The number of sulfonamides is 1. The van der Waals surface area contributed by atoms with Gasteiger partial charge in [-0.1, -0.05) is 23.1 Å².